The fourth-order valence-electron chi connectivity index (χ4n) is 2.91. The summed E-state index contributed by atoms with van der Waals surface area (Å²) in [7, 11) is 1.55. The number of carboxylic acids is 1. The van der Waals surface area contributed by atoms with Crippen LogP contribution in [0.4, 0.5) is 0 Å². The maximum atomic E-state index is 12.7. The Kier molecular flexibility index (Phi) is 7.47. The Labute approximate surface area is 160 Å². The number of carbonyl (C=O) groups excluding carboxylic acids is 1. The average molecular weight is 379 g/mol. The smallest absolute Gasteiger partial charge is 0.311 e. The summed E-state index contributed by atoms with van der Waals surface area (Å²) in [5, 5.41) is 12.4. The van der Waals surface area contributed by atoms with E-state index in [9.17, 15) is 14.7 Å². The minimum Gasteiger partial charge on any atom is -0.497 e. The summed E-state index contributed by atoms with van der Waals surface area (Å²) < 4.78 is 16.3. The number of ether oxygens (including phenoxy) is 3. The van der Waals surface area contributed by atoms with Crippen LogP contribution in [-0.4, -0.2) is 50.5 Å². The Morgan fingerprint density at radius 2 is 2.00 bits per heavy atom. The van der Waals surface area contributed by atoms with E-state index in [0.29, 0.717) is 55.6 Å². The van der Waals surface area contributed by atoms with Gasteiger partial charge in [-0.15, -0.1) is 0 Å². The van der Waals surface area contributed by atoms with E-state index in [0.717, 1.165) is 6.42 Å². The summed E-state index contributed by atoms with van der Waals surface area (Å²) >= 11 is 0. The number of aliphatic carboxylic acids is 1. The Balaban J connectivity index is 2.10. The number of hydrogen-bond acceptors (Lipinski definition) is 5. The van der Waals surface area contributed by atoms with Gasteiger partial charge in [-0.1, -0.05) is 13.8 Å². The topological polar surface area (TPSA) is 94.1 Å². The van der Waals surface area contributed by atoms with Gasteiger partial charge in [-0.3, -0.25) is 9.59 Å². The summed E-state index contributed by atoms with van der Waals surface area (Å²) in [6, 6.07) is 5.00. The molecule has 0 aliphatic carbocycles. The maximum Gasteiger partial charge on any atom is 0.311 e. The zero-order valence-electron chi connectivity index (χ0n) is 16.2. The molecule has 7 heteroatoms. The SMILES string of the molecule is COc1ccc(C(=O)NCC2(C(=O)O)CCOCC2)c(OCCC(C)C)c1. The van der Waals surface area contributed by atoms with Gasteiger partial charge in [0.15, 0.2) is 0 Å². The van der Waals surface area contributed by atoms with Crippen molar-refractivity contribution in [1.82, 2.24) is 5.32 Å². The number of rotatable bonds is 9. The van der Waals surface area contributed by atoms with Crippen LogP contribution in [0, 0.1) is 11.3 Å². The van der Waals surface area contributed by atoms with Gasteiger partial charge < -0.3 is 24.6 Å². The van der Waals surface area contributed by atoms with Gasteiger partial charge in [0, 0.05) is 25.8 Å². The molecule has 0 spiro atoms. The molecule has 0 radical (unpaired) electrons. The number of benzene rings is 1. The third-order valence-electron chi connectivity index (χ3n) is 4.88. The van der Waals surface area contributed by atoms with E-state index in [1.165, 1.54) is 0 Å². The standard InChI is InChI=1S/C20H29NO6/c1-14(2)6-9-27-17-12-15(25-3)4-5-16(17)18(22)21-13-20(19(23)24)7-10-26-11-8-20/h4-5,12,14H,6-11,13H2,1-3H3,(H,21,22)(H,23,24). The van der Waals surface area contributed by atoms with Crippen LogP contribution in [0.5, 0.6) is 11.5 Å². The summed E-state index contributed by atoms with van der Waals surface area (Å²) in [6.07, 6.45) is 1.62. The van der Waals surface area contributed by atoms with Crippen molar-refractivity contribution in [2.75, 3.05) is 33.5 Å². The number of hydrogen-bond donors (Lipinski definition) is 2. The predicted octanol–water partition coefficient (Wildman–Crippen LogP) is 2.73. The molecule has 1 aromatic rings. The number of carbonyl (C=O) groups is 2. The lowest BCUT2D eigenvalue weighted by Crippen LogP contribution is -2.46. The van der Waals surface area contributed by atoms with Gasteiger partial charge >= 0.3 is 5.97 Å². The highest BCUT2D eigenvalue weighted by Crippen LogP contribution is 2.31. The van der Waals surface area contributed by atoms with E-state index in [2.05, 4.69) is 19.2 Å². The molecule has 150 valence electrons. The molecular weight excluding hydrogens is 350 g/mol. The molecule has 1 aromatic carbocycles. The lowest BCUT2D eigenvalue weighted by atomic mass is 9.80. The zero-order chi connectivity index (χ0) is 19.9. The lowest BCUT2D eigenvalue weighted by Gasteiger charge is -2.33. The predicted molar refractivity (Wildman–Crippen MR) is 100 cm³/mol. The average Bonchev–Trinajstić information content (AvgIpc) is 2.66. The first-order valence-corrected chi connectivity index (χ1v) is 9.28. The number of amides is 1. The molecule has 1 saturated heterocycles. The summed E-state index contributed by atoms with van der Waals surface area (Å²) in [6.45, 7) is 5.51. The van der Waals surface area contributed by atoms with E-state index in [-0.39, 0.29) is 12.5 Å². The Hall–Kier alpha value is -2.28. The highest BCUT2D eigenvalue weighted by atomic mass is 16.5. The molecule has 1 aliphatic heterocycles. The second kappa shape index (κ2) is 9.60. The molecule has 7 nitrogen and oxygen atoms in total. The van der Waals surface area contributed by atoms with E-state index >= 15 is 0 Å². The van der Waals surface area contributed by atoms with Crippen molar-refractivity contribution in [3.8, 4) is 11.5 Å². The Morgan fingerprint density at radius 3 is 2.59 bits per heavy atom. The van der Waals surface area contributed by atoms with Crippen molar-refractivity contribution in [1.29, 1.82) is 0 Å². The van der Waals surface area contributed by atoms with Gasteiger partial charge in [-0.2, -0.15) is 0 Å². The van der Waals surface area contributed by atoms with Crippen molar-refractivity contribution in [3.63, 3.8) is 0 Å². The highest BCUT2D eigenvalue weighted by Gasteiger charge is 2.40. The molecular formula is C20H29NO6. The third kappa shape index (κ3) is 5.60. The molecule has 0 atom stereocenters. The number of nitrogens with one attached hydrogen (secondary N) is 1. The van der Waals surface area contributed by atoms with Gasteiger partial charge in [0.25, 0.3) is 5.91 Å². The molecule has 2 rings (SSSR count). The molecule has 0 aromatic heterocycles. The van der Waals surface area contributed by atoms with Crippen LogP contribution < -0.4 is 14.8 Å². The van der Waals surface area contributed by atoms with Gasteiger partial charge in [0.1, 0.15) is 11.5 Å². The molecule has 1 amide bonds. The van der Waals surface area contributed by atoms with Crippen molar-refractivity contribution in [2.45, 2.75) is 33.1 Å². The fourth-order valence-corrected chi connectivity index (χ4v) is 2.91. The van der Waals surface area contributed by atoms with Crippen molar-refractivity contribution in [2.24, 2.45) is 11.3 Å². The normalized spacial score (nSPS) is 16.0. The van der Waals surface area contributed by atoms with Crippen LogP contribution in [0.2, 0.25) is 0 Å². The maximum absolute atomic E-state index is 12.7. The first-order valence-electron chi connectivity index (χ1n) is 9.28. The van der Waals surface area contributed by atoms with Gasteiger partial charge in [0.2, 0.25) is 0 Å². The van der Waals surface area contributed by atoms with Crippen molar-refractivity contribution in [3.05, 3.63) is 23.8 Å². The first-order chi connectivity index (χ1) is 12.9. The largest absolute Gasteiger partial charge is 0.497 e. The van der Waals surface area contributed by atoms with Crippen LogP contribution in [0.15, 0.2) is 18.2 Å². The molecule has 1 heterocycles. The molecule has 1 aliphatic rings. The Morgan fingerprint density at radius 1 is 1.30 bits per heavy atom. The molecule has 0 saturated carbocycles. The Bertz CT molecular complexity index is 652. The van der Waals surface area contributed by atoms with E-state index in [1.54, 1.807) is 25.3 Å². The van der Waals surface area contributed by atoms with Crippen LogP contribution in [0.25, 0.3) is 0 Å². The van der Waals surface area contributed by atoms with E-state index < -0.39 is 11.4 Å². The van der Waals surface area contributed by atoms with Crippen LogP contribution in [-0.2, 0) is 9.53 Å². The molecule has 0 bridgehead atoms. The molecule has 2 N–H and O–H groups in total. The highest BCUT2D eigenvalue weighted by molar-refractivity contribution is 5.97. The minimum atomic E-state index is -0.987. The van der Waals surface area contributed by atoms with Crippen LogP contribution >= 0.6 is 0 Å². The number of methoxy groups -OCH3 is 1. The fraction of sp³-hybridized carbons (Fsp3) is 0.600. The van der Waals surface area contributed by atoms with Crippen LogP contribution in [0.1, 0.15) is 43.5 Å². The van der Waals surface area contributed by atoms with Gasteiger partial charge in [0.05, 0.1) is 24.7 Å². The van der Waals surface area contributed by atoms with Gasteiger partial charge in [-0.05, 0) is 37.3 Å². The molecule has 27 heavy (non-hydrogen) atoms. The number of carboxylic acid groups (broad SMARTS) is 1. The van der Waals surface area contributed by atoms with E-state index in [4.69, 9.17) is 14.2 Å². The zero-order valence-corrected chi connectivity index (χ0v) is 16.2. The van der Waals surface area contributed by atoms with Crippen molar-refractivity contribution >= 4 is 11.9 Å². The molecule has 0 unspecified atom stereocenters. The molecule has 1 fully saturated rings. The van der Waals surface area contributed by atoms with Crippen LogP contribution in [0.3, 0.4) is 0 Å². The lowest BCUT2D eigenvalue weighted by molar-refractivity contribution is -0.154. The first kappa shape index (κ1) is 21.0. The second-order valence-corrected chi connectivity index (χ2v) is 7.27. The third-order valence-corrected chi connectivity index (χ3v) is 4.88. The second-order valence-electron chi connectivity index (χ2n) is 7.27. The minimum absolute atomic E-state index is 0.0575. The summed E-state index contributed by atoms with van der Waals surface area (Å²) in [5.74, 6) is 0.247. The van der Waals surface area contributed by atoms with E-state index in [1.807, 2.05) is 0 Å². The summed E-state index contributed by atoms with van der Waals surface area (Å²) in [4.78, 5) is 24.4. The summed E-state index contributed by atoms with van der Waals surface area (Å²) in [5.41, 5.74) is -0.619. The quantitative estimate of drug-likeness (QED) is 0.685. The monoisotopic (exact) mass is 379 g/mol. The van der Waals surface area contributed by atoms with Gasteiger partial charge in [-0.25, -0.2) is 0 Å². The van der Waals surface area contributed by atoms with Crippen molar-refractivity contribution < 1.29 is 28.9 Å².